The zero-order valence-corrected chi connectivity index (χ0v) is 12.2. The van der Waals surface area contributed by atoms with Gasteiger partial charge in [-0.2, -0.15) is 0 Å². The molecule has 0 aliphatic carbocycles. The molecule has 2 atom stereocenters. The van der Waals surface area contributed by atoms with Crippen LogP contribution in [0.3, 0.4) is 0 Å². The quantitative estimate of drug-likeness (QED) is 0.838. The Labute approximate surface area is 124 Å². The van der Waals surface area contributed by atoms with Gasteiger partial charge in [0.2, 0.25) is 5.91 Å². The Morgan fingerprint density at radius 3 is 2.95 bits per heavy atom. The van der Waals surface area contributed by atoms with Gasteiger partial charge in [-0.25, -0.2) is 0 Å². The van der Waals surface area contributed by atoms with E-state index >= 15 is 0 Å². The van der Waals surface area contributed by atoms with E-state index in [0.29, 0.717) is 26.0 Å². The van der Waals surface area contributed by atoms with Crippen LogP contribution in [0.2, 0.25) is 0 Å². The molecule has 5 heteroatoms. The molecule has 2 unspecified atom stereocenters. The Kier molecular flexibility index (Phi) is 5.20. The molecule has 1 amide bonds. The molecular formula is C16H21NO4. The van der Waals surface area contributed by atoms with Crippen molar-refractivity contribution < 1.29 is 19.4 Å². The number of aliphatic carboxylic acids is 1. The second-order valence-corrected chi connectivity index (χ2v) is 5.60. The number of rotatable bonds is 6. The van der Waals surface area contributed by atoms with E-state index in [9.17, 15) is 9.59 Å². The lowest BCUT2D eigenvalue weighted by molar-refractivity contribution is -0.137. The van der Waals surface area contributed by atoms with Gasteiger partial charge in [0.05, 0.1) is 5.92 Å². The molecule has 0 saturated carbocycles. The average molecular weight is 291 g/mol. The highest BCUT2D eigenvalue weighted by molar-refractivity contribution is 5.79. The highest BCUT2D eigenvalue weighted by atomic mass is 16.5. The third kappa shape index (κ3) is 4.48. The summed E-state index contributed by atoms with van der Waals surface area (Å²) in [5.74, 6) is 0.0157. The van der Waals surface area contributed by atoms with Crippen molar-refractivity contribution >= 4 is 11.9 Å². The minimum absolute atomic E-state index is 0.0216. The second kappa shape index (κ2) is 7.11. The zero-order valence-electron chi connectivity index (χ0n) is 12.2. The lowest BCUT2D eigenvalue weighted by Crippen LogP contribution is -2.39. The SMILES string of the molecule is CC(CCC(=O)O)CNC(=O)C1COc2ccccc2C1. The summed E-state index contributed by atoms with van der Waals surface area (Å²) in [6.07, 6.45) is 1.39. The number of amides is 1. The number of hydrogen-bond acceptors (Lipinski definition) is 3. The fraction of sp³-hybridized carbons (Fsp3) is 0.500. The van der Waals surface area contributed by atoms with Crippen LogP contribution in [0.1, 0.15) is 25.3 Å². The van der Waals surface area contributed by atoms with Crippen LogP contribution >= 0.6 is 0 Å². The molecule has 0 saturated heterocycles. The van der Waals surface area contributed by atoms with E-state index in [2.05, 4.69) is 5.32 Å². The van der Waals surface area contributed by atoms with Crippen LogP contribution in [0, 0.1) is 11.8 Å². The molecule has 21 heavy (non-hydrogen) atoms. The van der Waals surface area contributed by atoms with Gasteiger partial charge in [0.15, 0.2) is 0 Å². The predicted molar refractivity (Wildman–Crippen MR) is 78.2 cm³/mol. The fourth-order valence-electron chi connectivity index (χ4n) is 2.39. The Balaban J connectivity index is 1.78. The molecule has 1 aliphatic rings. The highest BCUT2D eigenvalue weighted by Crippen LogP contribution is 2.26. The molecule has 0 fully saturated rings. The van der Waals surface area contributed by atoms with Gasteiger partial charge in [-0.15, -0.1) is 0 Å². The summed E-state index contributed by atoms with van der Waals surface area (Å²) in [7, 11) is 0. The molecule has 1 aromatic carbocycles. The Morgan fingerprint density at radius 2 is 2.19 bits per heavy atom. The van der Waals surface area contributed by atoms with Crippen LogP contribution in [0.4, 0.5) is 0 Å². The first-order valence-electron chi connectivity index (χ1n) is 7.26. The van der Waals surface area contributed by atoms with Crippen molar-refractivity contribution in [3.05, 3.63) is 29.8 Å². The number of ether oxygens (including phenoxy) is 1. The Hall–Kier alpha value is -2.04. The van der Waals surface area contributed by atoms with E-state index in [1.54, 1.807) is 0 Å². The van der Waals surface area contributed by atoms with Gasteiger partial charge < -0.3 is 15.2 Å². The molecule has 0 radical (unpaired) electrons. The van der Waals surface area contributed by atoms with Crippen LogP contribution in [0.25, 0.3) is 0 Å². The first kappa shape index (κ1) is 15.4. The molecule has 1 aromatic rings. The van der Waals surface area contributed by atoms with Crippen LogP contribution in [-0.4, -0.2) is 30.1 Å². The van der Waals surface area contributed by atoms with Gasteiger partial charge in [0, 0.05) is 13.0 Å². The van der Waals surface area contributed by atoms with Crippen molar-refractivity contribution in [2.75, 3.05) is 13.2 Å². The first-order valence-corrected chi connectivity index (χ1v) is 7.26. The van der Waals surface area contributed by atoms with Crippen LogP contribution in [0.5, 0.6) is 5.75 Å². The zero-order chi connectivity index (χ0) is 15.2. The summed E-state index contributed by atoms with van der Waals surface area (Å²) in [5.41, 5.74) is 1.06. The van der Waals surface area contributed by atoms with Crippen molar-refractivity contribution in [2.45, 2.75) is 26.2 Å². The van der Waals surface area contributed by atoms with Crippen LogP contribution in [0.15, 0.2) is 24.3 Å². The maximum absolute atomic E-state index is 12.1. The number of carbonyl (C=O) groups excluding carboxylic acids is 1. The summed E-state index contributed by atoms with van der Waals surface area (Å²) in [5, 5.41) is 11.5. The summed E-state index contributed by atoms with van der Waals surface area (Å²) < 4.78 is 5.60. The van der Waals surface area contributed by atoms with Gasteiger partial charge in [0.25, 0.3) is 0 Å². The maximum atomic E-state index is 12.1. The van der Waals surface area contributed by atoms with E-state index in [0.717, 1.165) is 11.3 Å². The third-order valence-electron chi connectivity index (χ3n) is 3.73. The first-order chi connectivity index (χ1) is 10.1. The number of carbonyl (C=O) groups is 2. The molecule has 1 heterocycles. The van der Waals surface area contributed by atoms with Crippen LogP contribution < -0.4 is 10.1 Å². The molecule has 5 nitrogen and oxygen atoms in total. The number of benzene rings is 1. The van der Waals surface area contributed by atoms with E-state index in [-0.39, 0.29) is 24.2 Å². The maximum Gasteiger partial charge on any atom is 0.303 e. The number of carboxylic acid groups (broad SMARTS) is 1. The Morgan fingerprint density at radius 1 is 1.43 bits per heavy atom. The fourth-order valence-corrected chi connectivity index (χ4v) is 2.39. The monoisotopic (exact) mass is 291 g/mol. The standard InChI is InChI=1S/C16H21NO4/c1-11(6-7-15(18)19)9-17-16(20)13-8-12-4-2-3-5-14(12)21-10-13/h2-5,11,13H,6-10H2,1H3,(H,17,20)(H,18,19). The average Bonchev–Trinajstić information content (AvgIpc) is 2.50. The number of fused-ring (bicyclic) bond motifs is 1. The van der Waals surface area contributed by atoms with Gasteiger partial charge >= 0.3 is 5.97 Å². The van der Waals surface area contributed by atoms with E-state index < -0.39 is 5.97 Å². The molecule has 2 N–H and O–H groups in total. The number of hydrogen-bond donors (Lipinski definition) is 2. The Bertz CT molecular complexity index is 515. The van der Waals surface area contributed by atoms with Gasteiger partial charge in [0.1, 0.15) is 12.4 Å². The highest BCUT2D eigenvalue weighted by Gasteiger charge is 2.25. The van der Waals surface area contributed by atoms with Gasteiger partial charge in [-0.3, -0.25) is 9.59 Å². The van der Waals surface area contributed by atoms with Crippen LogP contribution in [-0.2, 0) is 16.0 Å². The van der Waals surface area contributed by atoms with Gasteiger partial charge in [-0.1, -0.05) is 25.1 Å². The topological polar surface area (TPSA) is 75.6 Å². The molecule has 0 spiro atoms. The lowest BCUT2D eigenvalue weighted by atomic mass is 9.95. The summed E-state index contributed by atoms with van der Waals surface area (Å²) in [4.78, 5) is 22.6. The van der Waals surface area contributed by atoms with E-state index in [4.69, 9.17) is 9.84 Å². The molecule has 0 aromatic heterocycles. The second-order valence-electron chi connectivity index (χ2n) is 5.60. The van der Waals surface area contributed by atoms with E-state index in [1.807, 2.05) is 31.2 Å². The number of carboxylic acids is 1. The van der Waals surface area contributed by atoms with Crippen molar-refractivity contribution in [1.29, 1.82) is 0 Å². The smallest absolute Gasteiger partial charge is 0.303 e. The van der Waals surface area contributed by atoms with Crippen molar-refractivity contribution in [3.63, 3.8) is 0 Å². The predicted octanol–water partition coefficient (Wildman–Crippen LogP) is 1.85. The summed E-state index contributed by atoms with van der Waals surface area (Å²) in [6.45, 7) is 2.84. The third-order valence-corrected chi connectivity index (χ3v) is 3.73. The normalized spacial score (nSPS) is 18.2. The van der Waals surface area contributed by atoms with Gasteiger partial charge in [-0.05, 0) is 30.4 Å². The minimum Gasteiger partial charge on any atom is -0.492 e. The molecule has 1 aliphatic heterocycles. The largest absolute Gasteiger partial charge is 0.492 e. The van der Waals surface area contributed by atoms with Crippen molar-refractivity contribution in [1.82, 2.24) is 5.32 Å². The molecular weight excluding hydrogens is 270 g/mol. The lowest BCUT2D eigenvalue weighted by Gasteiger charge is -2.25. The molecule has 0 bridgehead atoms. The van der Waals surface area contributed by atoms with Crippen molar-refractivity contribution in [3.8, 4) is 5.75 Å². The molecule has 114 valence electrons. The minimum atomic E-state index is -0.800. The summed E-state index contributed by atoms with van der Waals surface area (Å²) >= 11 is 0. The van der Waals surface area contributed by atoms with E-state index in [1.165, 1.54) is 0 Å². The molecule has 2 rings (SSSR count). The number of para-hydroxylation sites is 1. The number of nitrogens with one attached hydrogen (secondary N) is 1. The van der Waals surface area contributed by atoms with Crippen molar-refractivity contribution in [2.24, 2.45) is 11.8 Å². The summed E-state index contributed by atoms with van der Waals surface area (Å²) in [6, 6.07) is 7.75.